The standard InChI is InChI=1S/C18H18ClN3O3/c1-11-16(17(21-25-11)12-6-3-4-7-13(12)19)18(24)20-10-15(23)14-8-5-9-22(14)2/h3-9,15,23H,10H2,1-2H3,(H,20,24)/t15-/m1/s1. The van der Waals surface area contributed by atoms with Crippen molar-refractivity contribution in [3.8, 4) is 11.3 Å². The lowest BCUT2D eigenvalue weighted by atomic mass is 10.1. The number of carbonyl (C=O) groups excluding carboxylic acids is 1. The molecule has 0 aliphatic heterocycles. The highest BCUT2D eigenvalue weighted by atomic mass is 35.5. The first-order valence-corrected chi connectivity index (χ1v) is 8.15. The van der Waals surface area contributed by atoms with Crippen molar-refractivity contribution >= 4 is 17.5 Å². The smallest absolute Gasteiger partial charge is 0.257 e. The van der Waals surface area contributed by atoms with E-state index in [-0.39, 0.29) is 12.5 Å². The zero-order valence-electron chi connectivity index (χ0n) is 13.9. The fourth-order valence-electron chi connectivity index (χ4n) is 2.68. The number of carbonyl (C=O) groups is 1. The van der Waals surface area contributed by atoms with E-state index in [4.69, 9.17) is 16.1 Å². The van der Waals surface area contributed by atoms with Crippen LogP contribution in [0.2, 0.25) is 5.02 Å². The van der Waals surface area contributed by atoms with E-state index in [1.54, 1.807) is 35.8 Å². The van der Waals surface area contributed by atoms with Crippen molar-refractivity contribution in [2.24, 2.45) is 7.05 Å². The number of aliphatic hydroxyl groups excluding tert-OH is 1. The first kappa shape index (κ1) is 17.3. The third-order valence-corrected chi connectivity index (χ3v) is 4.33. The van der Waals surface area contributed by atoms with Crippen molar-refractivity contribution in [2.45, 2.75) is 13.0 Å². The van der Waals surface area contributed by atoms with Gasteiger partial charge in [-0.1, -0.05) is 35.0 Å². The molecule has 1 atom stereocenters. The minimum atomic E-state index is -0.812. The van der Waals surface area contributed by atoms with Crippen LogP contribution in [0, 0.1) is 6.92 Å². The molecule has 0 fully saturated rings. The molecule has 0 aliphatic carbocycles. The number of aliphatic hydroxyl groups is 1. The van der Waals surface area contributed by atoms with Crippen LogP contribution in [-0.2, 0) is 7.05 Å². The molecule has 0 radical (unpaired) electrons. The summed E-state index contributed by atoms with van der Waals surface area (Å²) in [6.45, 7) is 1.74. The van der Waals surface area contributed by atoms with Crippen LogP contribution in [0.15, 0.2) is 47.1 Å². The quantitative estimate of drug-likeness (QED) is 0.733. The van der Waals surface area contributed by atoms with Gasteiger partial charge < -0.3 is 19.5 Å². The third kappa shape index (κ3) is 3.45. The van der Waals surface area contributed by atoms with E-state index in [0.29, 0.717) is 33.3 Å². The fraction of sp³-hybridized carbons (Fsp3) is 0.222. The minimum absolute atomic E-state index is 0.0727. The van der Waals surface area contributed by atoms with Gasteiger partial charge in [-0.05, 0) is 25.1 Å². The SMILES string of the molecule is Cc1onc(-c2ccccc2Cl)c1C(=O)NC[C@@H](O)c1cccn1C. The summed E-state index contributed by atoms with van der Waals surface area (Å²) in [7, 11) is 1.83. The van der Waals surface area contributed by atoms with E-state index in [0.717, 1.165) is 0 Å². The van der Waals surface area contributed by atoms with E-state index >= 15 is 0 Å². The second-order valence-electron chi connectivity index (χ2n) is 5.71. The predicted octanol–water partition coefficient (Wildman–Crippen LogP) is 3.11. The molecule has 25 heavy (non-hydrogen) atoms. The van der Waals surface area contributed by atoms with Crippen LogP contribution in [0.25, 0.3) is 11.3 Å². The molecular weight excluding hydrogens is 342 g/mol. The van der Waals surface area contributed by atoms with Crippen LogP contribution in [0.1, 0.15) is 27.9 Å². The predicted molar refractivity (Wildman–Crippen MR) is 94.4 cm³/mol. The number of nitrogens with one attached hydrogen (secondary N) is 1. The molecular formula is C18H18ClN3O3. The van der Waals surface area contributed by atoms with Gasteiger partial charge in [-0.3, -0.25) is 4.79 Å². The number of nitrogens with zero attached hydrogens (tertiary/aromatic N) is 2. The molecule has 7 heteroatoms. The summed E-state index contributed by atoms with van der Waals surface area (Å²) in [6, 6.07) is 10.7. The summed E-state index contributed by atoms with van der Waals surface area (Å²) in [5, 5.41) is 17.4. The van der Waals surface area contributed by atoms with Gasteiger partial charge in [0.05, 0.1) is 5.02 Å². The van der Waals surface area contributed by atoms with Gasteiger partial charge in [0.1, 0.15) is 23.1 Å². The summed E-state index contributed by atoms with van der Waals surface area (Å²) < 4.78 is 6.99. The van der Waals surface area contributed by atoms with E-state index in [2.05, 4.69) is 10.5 Å². The van der Waals surface area contributed by atoms with Crippen molar-refractivity contribution < 1.29 is 14.4 Å². The topological polar surface area (TPSA) is 80.3 Å². The summed E-state index contributed by atoms with van der Waals surface area (Å²) in [4.78, 5) is 12.6. The van der Waals surface area contributed by atoms with E-state index in [1.165, 1.54) is 0 Å². The fourth-order valence-corrected chi connectivity index (χ4v) is 2.90. The van der Waals surface area contributed by atoms with Gasteiger partial charge in [-0.25, -0.2) is 0 Å². The van der Waals surface area contributed by atoms with Gasteiger partial charge in [0.25, 0.3) is 5.91 Å². The highest BCUT2D eigenvalue weighted by molar-refractivity contribution is 6.33. The molecule has 0 spiro atoms. The molecule has 1 aromatic carbocycles. The van der Waals surface area contributed by atoms with E-state index in [9.17, 15) is 9.90 Å². The summed E-state index contributed by atoms with van der Waals surface area (Å²) in [5.41, 5.74) is 2.03. The van der Waals surface area contributed by atoms with Crippen LogP contribution in [-0.4, -0.2) is 27.3 Å². The van der Waals surface area contributed by atoms with Crippen molar-refractivity contribution in [3.63, 3.8) is 0 Å². The molecule has 130 valence electrons. The van der Waals surface area contributed by atoms with Crippen LogP contribution in [0.5, 0.6) is 0 Å². The zero-order chi connectivity index (χ0) is 18.0. The monoisotopic (exact) mass is 359 g/mol. The number of rotatable bonds is 5. The molecule has 3 aromatic rings. The average molecular weight is 360 g/mol. The van der Waals surface area contributed by atoms with Gasteiger partial charge in [0.15, 0.2) is 0 Å². The third-order valence-electron chi connectivity index (χ3n) is 4.00. The molecule has 2 heterocycles. The Morgan fingerprint density at radius 1 is 1.36 bits per heavy atom. The van der Waals surface area contributed by atoms with Crippen molar-refractivity contribution in [3.05, 3.63) is 64.6 Å². The van der Waals surface area contributed by atoms with E-state index < -0.39 is 6.10 Å². The maximum Gasteiger partial charge on any atom is 0.257 e. The number of benzene rings is 1. The van der Waals surface area contributed by atoms with Gasteiger partial charge in [0.2, 0.25) is 0 Å². The zero-order valence-corrected chi connectivity index (χ0v) is 14.6. The van der Waals surface area contributed by atoms with Crippen LogP contribution in [0.3, 0.4) is 0 Å². The maximum atomic E-state index is 12.6. The number of halogens is 1. The number of aromatic nitrogens is 2. The maximum absolute atomic E-state index is 12.6. The average Bonchev–Trinajstić information content (AvgIpc) is 3.18. The lowest BCUT2D eigenvalue weighted by molar-refractivity contribution is 0.0911. The number of hydrogen-bond donors (Lipinski definition) is 2. The Morgan fingerprint density at radius 2 is 2.12 bits per heavy atom. The van der Waals surface area contributed by atoms with Crippen molar-refractivity contribution in [2.75, 3.05) is 6.54 Å². The molecule has 1 amide bonds. The van der Waals surface area contributed by atoms with E-state index in [1.807, 2.05) is 25.4 Å². The second-order valence-corrected chi connectivity index (χ2v) is 6.12. The molecule has 0 unspecified atom stereocenters. The highest BCUT2D eigenvalue weighted by Crippen LogP contribution is 2.30. The Labute approximate surface area is 150 Å². The molecule has 0 bridgehead atoms. The van der Waals surface area contributed by atoms with Gasteiger partial charge >= 0.3 is 0 Å². The largest absolute Gasteiger partial charge is 0.385 e. The van der Waals surface area contributed by atoms with Crippen molar-refractivity contribution in [1.29, 1.82) is 0 Å². The Bertz CT molecular complexity index is 901. The van der Waals surface area contributed by atoms with Crippen LogP contribution < -0.4 is 5.32 Å². The van der Waals surface area contributed by atoms with Gasteiger partial charge in [-0.2, -0.15) is 0 Å². The first-order valence-electron chi connectivity index (χ1n) is 7.77. The molecule has 0 saturated carbocycles. The summed E-state index contributed by atoms with van der Waals surface area (Å²) >= 11 is 6.20. The number of amides is 1. The Balaban J connectivity index is 1.80. The lowest BCUT2D eigenvalue weighted by Crippen LogP contribution is -2.29. The summed E-state index contributed by atoms with van der Waals surface area (Å²) in [5.74, 6) is 0.0164. The first-order chi connectivity index (χ1) is 12.0. The normalized spacial score (nSPS) is 12.2. The highest BCUT2D eigenvalue weighted by Gasteiger charge is 2.23. The molecule has 3 rings (SSSR count). The number of aryl methyl sites for hydroxylation is 2. The lowest BCUT2D eigenvalue weighted by Gasteiger charge is -2.13. The van der Waals surface area contributed by atoms with Gasteiger partial charge in [-0.15, -0.1) is 0 Å². The minimum Gasteiger partial charge on any atom is -0.385 e. The van der Waals surface area contributed by atoms with Crippen LogP contribution >= 0.6 is 11.6 Å². The van der Waals surface area contributed by atoms with Crippen molar-refractivity contribution in [1.82, 2.24) is 15.0 Å². The Kier molecular flexibility index (Phi) is 4.92. The molecule has 0 aliphatic rings. The molecule has 6 nitrogen and oxygen atoms in total. The Morgan fingerprint density at radius 3 is 2.80 bits per heavy atom. The molecule has 0 saturated heterocycles. The Hall–Kier alpha value is -2.57. The van der Waals surface area contributed by atoms with Crippen LogP contribution in [0.4, 0.5) is 0 Å². The summed E-state index contributed by atoms with van der Waals surface area (Å²) in [6.07, 6.45) is 1.02. The number of hydrogen-bond acceptors (Lipinski definition) is 4. The second kappa shape index (κ2) is 7.13. The molecule has 2 N–H and O–H groups in total. The van der Waals surface area contributed by atoms with Gasteiger partial charge in [0, 0.05) is 31.0 Å². The molecule has 2 aromatic heterocycles.